The highest BCUT2D eigenvalue weighted by Gasteiger charge is 2.27. The predicted molar refractivity (Wildman–Crippen MR) is 98.0 cm³/mol. The Kier molecular flexibility index (Phi) is 6.78. The van der Waals surface area contributed by atoms with Gasteiger partial charge in [0.1, 0.15) is 0 Å². The standard InChI is InChI=1S/C18H29N3OS/c1-5-23-17-8-6-16(7-9-17)14(2)19-18(22)21-11-10-15(13-21)12-20(3)4/h6-9,14-15H,5,10-13H2,1-4H3,(H,19,22)/t14-,15+/m1/s1. The summed E-state index contributed by atoms with van der Waals surface area (Å²) in [6.45, 7) is 6.98. The number of amides is 2. The first kappa shape index (κ1) is 18.1. The molecule has 1 aliphatic heterocycles. The van der Waals surface area contributed by atoms with Gasteiger partial charge in [-0.25, -0.2) is 4.79 Å². The van der Waals surface area contributed by atoms with Crippen LogP contribution in [0.25, 0.3) is 0 Å². The molecule has 2 rings (SSSR count). The summed E-state index contributed by atoms with van der Waals surface area (Å²) in [6, 6.07) is 8.59. The molecule has 5 heteroatoms. The molecule has 0 unspecified atom stereocenters. The molecule has 1 aliphatic rings. The van der Waals surface area contributed by atoms with Crippen LogP contribution in [0.1, 0.15) is 31.9 Å². The zero-order valence-electron chi connectivity index (χ0n) is 14.7. The zero-order chi connectivity index (χ0) is 16.8. The van der Waals surface area contributed by atoms with Crippen LogP contribution in [0.15, 0.2) is 29.2 Å². The molecule has 2 atom stereocenters. The summed E-state index contributed by atoms with van der Waals surface area (Å²) in [6.07, 6.45) is 1.10. The number of carbonyl (C=O) groups excluding carboxylic acids is 1. The number of benzene rings is 1. The summed E-state index contributed by atoms with van der Waals surface area (Å²) < 4.78 is 0. The predicted octanol–water partition coefficient (Wildman–Crippen LogP) is 3.45. The Bertz CT molecular complexity index is 503. The van der Waals surface area contributed by atoms with E-state index in [2.05, 4.69) is 55.5 Å². The van der Waals surface area contributed by atoms with Crippen LogP contribution in [0.2, 0.25) is 0 Å². The lowest BCUT2D eigenvalue weighted by Gasteiger charge is -2.22. The van der Waals surface area contributed by atoms with Crippen molar-refractivity contribution in [1.29, 1.82) is 0 Å². The van der Waals surface area contributed by atoms with Gasteiger partial charge >= 0.3 is 6.03 Å². The van der Waals surface area contributed by atoms with Crippen molar-refractivity contribution in [2.75, 3.05) is 39.5 Å². The summed E-state index contributed by atoms with van der Waals surface area (Å²) in [5, 5.41) is 3.13. The lowest BCUT2D eigenvalue weighted by Crippen LogP contribution is -2.40. The van der Waals surface area contributed by atoms with E-state index in [1.807, 2.05) is 23.6 Å². The highest BCUT2D eigenvalue weighted by atomic mass is 32.2. The van der Waals surface area contributed by atoms with Gasteiger partial charge in [-0.1, -0.05) is 19.1 Å². The summed E-state index contributed by atoms with van der Waals surface area (Å²) >= 11 is 1.84. The van der Waals surface area contributed by atoms with Crippen molar-refractivity contribution in [1.82, 2.24) is 15.1 Å². The molecule has 0 aromatic heterocycles. The van der Waals surface area contributed by atoms with Crippen molar-refractivity contribution in [3.8, 4) is 0 Å². The van der Waals surface area contributed by atoms with Gasteiger partial charge in [-0.3, -0.25) is 0 Å². The Hall–Kier alpha value is -1.20. The molecule has 0 radical (unpaired) electrons. The average Bonchev–Trinajstić information content (AvgIpc) is 2.96. The zero-order valence-corrected chi connectivity index (χ0v) is 15.5. The number of carbonyl (C=O) groups is 1. The number of urea groups is 1. The second kappa shape index (κ2) is 8.60. The fourth-order valence-electron chi connectivity index (χ4n) is 3.06. The quantitative estimate of drug-likeness (QED) is 0.809. The van der Waals surface area contributed by atoms with Crippen LogP contribution in [0, 0.1) is 5.92 Å². The molecular formula is C18H29N3OS. The van der Waals surface area contributed by atoms with Crippen LogP contribution in [0.4, 0.5) is 4.79 Å². The highest BCUT2D eigenvalue weighted by molar-refractivity contribution is 7.99. The Labute approximate surface area is 144 Å². The topological polar surface area (TPSA) is 35.6 Å². The van der Waals surface area contributed by atoms with Gasteiger partial charge in [-0.05, 0) is 56.8 Å². The first-order chi connectivity index (χ1) is 11.0. The van der Waals surface area contributed by atoms with E-state index in [0.717, 1.165) is 37.4 Å². The number of rotatable bonds is 6. The molecule has 1 fully saturated rings. The Morgan fingerprint density at radius 1 is 1.39 bits per heavy atom. The van der Waals surface area contributed by atoms with Gasteiger partial charge < -0.3 is 15.1 Å². The van der Waals surface area contributed by atoms with E-state index in [9.17, 15) is 4.79 Å². The fourth-order valence-corrected chi connectivity index (χ4v) is 3.72. The Morgan fingerprint density at radius 2 is 2.09 bits per heavy atom. The van der Waals surface area contributed by atoms with E-state index in [1.165, 1.54) is 4.90 Å². The highest BCUT2D eigenvalue weighted by Crippen LogP contribution is 2.22. The molecule has 4 nitrogen and oxygen atoms in total. The molecule has 2 amide bonds. The second-order valence-corrected chi connectivity index (χ2v) is 7.87. The fraction of sp³-hybridized carbons (Fsp3) is 0.611. The molecule has 0 spiro atoms. The number of thioether (sulfide) groups is 1. The second-order valence-electron chi connectivity index (χ2n) is 6.54. The largest absolute Gasteiger partial charge is 0.331 e. The summed E-state index contributed by atoms with van der Waals surface area (Å²) in [4.78, 5) is 17.9. The van der Waals surface area contributed by atoms with Crippen molar-refractivity contribution in [3.05, 3.63) is 29.8 Å². The number of hydrogen-bond acceptors (Lipinski definition) is 3. The van der Waals surface area contributed by atoms with Gasteiger partial charge in [0.2, 0.25) is 0 Å². The maximum Gasteiger partial charge on any atom is 0.317 e. The number of likely N-dealkylation sites (tertiary alicyclic amines) is 1. The third-order valence-corrected chi connectivity index (χ3v) is 5.12. The Morgan fingerprint density at radius 3 is 2.70 bits per heavy atom. The lowest BCUT2D eigenvalue weighted by atomic mass is 10.1. The van der Waals surface area contributed by atoms with E-state index in [1.54, 1.807) is 0 Å². The van der Waals surface area contributed by atoms with Crippen molar-refractivity contribution in [2.45, 2.75) is 31.2 Å². The van der Waals surface area contributed by atoms with E-state index in [4.69, 9.17) is 0 Å². The van der Waals surface area contributed by atoms with Crippen molar-refractivity contribution in [2.24, 2.45) is 5.92 Å². The molecule has 0 bridgehead atoms. The molecule has 1 heterocycles. The van der Waals surface area contributed by atoms with Gasteiger partial charge in [0, 0.05) is 24.5 Å². The maximum absolute atomic E-state index is 12.4. The van der Waals surface area contributed by atoms with Crippen molar-refractivity contribution in [3.63, 3.8) is 0 Å². The smallest absolute Gasteiger partial charge is 0.317 e. The number of nitrogens with one attached hydrogen (secondary N) is 1. The maximum atomic E-state index is 12.4. The van der Waals surface area contributed by atoms with Gasteiger partial charge in [0.15, 0.2) is 0 Å². The van der Waals surface area contributed by atoms with Crippen molar-refractivity contribution >= 4 is 17.8 Å². The average molecular weight is 336 g/mol. The molecule has 23 heavy (non-hydrogen) atoms. The minimum Gasteiger partial charge on any atom is -0.331 e. The van der Waals surface area contributed by atoms with E-state index >= 15 is 0 Å². The Balaban J connectivity index is 1.85. The van der Waals surface area contributed by atoms with Crippen LogP contribution >= 0.6 is 11.8 Å². The first-order valence-corrected chi connectivity index (χ1v) is 9.41. The molecule has 1 aromatic rings. The van der Waals surface area contributed by atoms with Crippen LogP contribution in [-0.2, 0) is 0 Å². The molecule has 1 aromatic carbocycles. The third kappa shape index (κ3) is 5.43. The molecule has 128 valence electrons. The van der Waals surface area contributed by atoms with Gasteiger partial charge in [-0.15, -0.1) is 11.8 Å². The van der Waals surface area contributed by atoms with E-state index in [0.29, 0.717) is 5.92 Å². The van der Waals surface area contributed by atoms with Gasteiger partial charge in [0.25, 0.3) is 0 Å². The normalized spacial score (nSPS) is 19.2. The van der Waals surface area contributed by atoms with Crippen molar-refractivity contribution < 1.29 is 4.79 Å². The monoisotopic (exact) mass is 335 g/mol. The lowest BCUT2D eigenvalue weighted by molar-refractivity contribution is 0.202. The van der Waals surface area contributed by atoms with Crippen LogP contribution < -0.4 is 5.32 Å². The number of hydrogen-bond donors (Lipinski definition) is 1. The van der Waals surface area contributed by atoms with Crippen LogP contribution in [0.3, 0.4) is 0 Å². The third-order valence-electron chi connectivity index (χ3n) is 4.23. The molecular weight excluding hydrogens is 306 g/mol. The minimum absolute atomic E-state index is 0.0380. The molecule has 1 N–H and O–H groups in total. The summed E-state index contributed by atoms with van der Waals surface area (Å²) in [7, 11) is 4.18. The van der Waals surface area contributed by atoms with Crippen LogP contribution in [0.5, 0.6) is 0 Å². The van der Waals surface area contributed by atoms with Gasteiger partial charge in [-0.2, -0.15) is 0 Å². The van der Waals surface area contributed by atoms with Gasteiger partial charge in [0.05, 0.1) is 6.04 Å². The number of nitrogens with zero attached hydrogens (tertiary/aromatic N) is 2. The molecule has 0 aliphatic carbocycles. The van der Waals surface area contributed by atoms with Crippen LogP contribution in [-0.4, -0.2) is 55.3 Å². The molecule has 1 saturated heterocycles. The SMILES string of the molecule is CCSc1ccc([C@@H](C)NC(=O)N2CC[C@@H](CN(C)C)C2)cc1. The van der Waals surface area contributed by atoms with E-state index in [-0.39, 0.29) is 12.1 Å². The summed E-state index contributed by atoms with van der Waals surface area (Å²) in [5.74, 6) is 1.67. The minimum atomic E-state index is 0.0380. The first-order valence-electron chi connectivity index (χ1n) is 8.42. The summed E-state index contributed by atoms with van der Waals surface area (Å²) in [5.41, 5.74) is 1.16. The molecule has 0 saturated carbocycles. The van der Waals surface area contributed by atoms with E-state index < -0.39 is 0 Å².